The molecule has 0 aliphatic rings. The molecule has 4 heteroatoms. The van der Waals surface area contributed by atoms with Crippen molar-refractivity contribution in [3.05, 3.63) is 46.8 Å². The zero-order valence-corrected chi connectivity index (χ0v) is 18.3. The average Bonchev–Trinajstić information content (AvgIpc) is 2.69. The first-order valence-electron chi connectivity index (χ1n) is 10.2. The summed E-state index contributed by atoms with van der Waals surface area (Å²) in [5, 5.41) is 9.87. The molecule has 0 amide bonds. The second kappa shape index (κ2) is 9.83. The van der Waals surface area contributed by atoms with E-state index < -0.39 is 0 Å². The Morgan fingerprint density at radius 2 is 1.93 bits per heavy atom. The highest BCUT2D eigenvalue weighted by atomic mass is 16.5. The number of hydrogen-bond acceptors (Lipinski definition) is 4. The summed E-state index contributed by atoms with van der Waals surface area (Å²) in [4.78, 5) is 9.60. The fraction of sp³-hybridized carbons (Fsp3) is 0.500. The molecule has 0 unspecified atom stereocenters. The van der Waals surface area contributed by atoms with Crippen LogP contribution in [0.15, 0.2) is 24.3 Å². The monoisotopic (exact) mass is 382 g/mol. The molecule has 0 bridgehead atoms. The third-order valence-electron chi connectivity index (χ3n) is 5.24. The molecule has 1 atom stereocenters. The van der Waals surface area contributed by atoms with E-state index >= 15 is 0 Å². The first-order valence-corrected chi connectivity index (χ1v) is 10.2. The Morgan fingerprint density at radius 1 is 1.21 bits per heavy atom. The lowest BCUT2D eigenvalue weighted by Crippen LogP contribution is -2.11. The molecule has 0 radical (unpaired) electrons. The molecule has 152 valence electrons. The number of pyridine rings is 2. The second-order valence-corrected chi connectivity index (χ2v) is 7.65. The van der Waals surface area contributed by atoms with Gasteiger partial charge in [0.1, 0.15) is 0 Å². The predicted molar refractivity (Wildman–Crippen MR) is 117 cm³/mol. The molecule has 2 aromatic heterocycles. The zero-order chi connectivity index (χ0) is 20.8. The maximum absolute atomic E-state index is 9.87. The average molecular weight is 383 g/mol. The second-order valence-electron chi connectivity index (χ2n) is 7.65. The number of aromatic nitrogens is 2. The third kappa shape index (κ3) is 4.61. The fourth-order valence-corrected chi connectivity index (χ4v) is 3.69. The highest BCUT2D eigenvalue weighted by molar-refractivity contribution is 5.74. The number of aliphatic hydroxyl groups is 1. The molecule has 1 N–H and O–H groups in total. The summed E-state index contributed by atoms with van der Waals surface area (Å²) < 4.78 is 5.58. The summed E-state index contributed by atoms with van der Waals surface area (Å²) in [6, 6.07) is 6.29. The summed E-state index contributed by atoms with van der Waals surface area (Å²) in [6.45, 7) is 12.7. The number of ether oxygens (including phenoxy) is 1. The van der Waals surface area contributed by atoms with E-state index in [0.717, 1.165) is 46.6 Å². The molecule has 28 heavy (non-hydrogen) atoms. The highest BCUT2D eigenvalue weighted by Gasteiger charge is 2.20. The van der Waals surface area contributed by atoms with Crippen molar-refractivity contribution < 1.29 is 9.84 Å². The van der Waals surface area contributed by atoms with E-state index in [1.165, 1.54) is 5.57 Å². The molecular formula is C24H34N2O2. The number of rotatable bonds is 8. The van der Waals surface area contributed by atoms with Gasteiger partial charge in [0.2, 0.25) is 5.88 Å². The minimum absolute atomic E-state index is 0.141. The molecule has 2 aromatic rings. The number of methoxy groups -OCH3 is 1. The van der Waals surface area contributed by atoms with Crippen LogP contribution in [0.4, 0.5) is 0 Å². The van der Waals surface area contributed by atoms with Crippen molar-refractivity contribution in [1.29, 1.82) is 0 Å². The van der Waals surface area contributed by atoms with Gasteiger partial charge in [-0.15, -0.1) is 0 Å². The molecule has 2 rings (SSSR count). The smallest absolute Gasteiger partial charge is 0.222 e. The third-order valence-corrected chi connectivity index (χ3v) is 5.24. The standard InChI is InChI=1S/C24H34N2O2/c1-8-10-18(14-27)19(9-2)21-13-16(5)23(25-17(21)6)20-11-12-22(15(3)4)26-24(20)28-7/h9,11-13,15,18,27H,8,10,14H2,1-7H3/b19-9-/t18-/m0/s1. The minimum Gasteiger partial charge on any atom is -0.480 e. The van der Waals surface area contributed by atoms with Gasteiger partial charge in [0.05, 0.1) is 18.4 Å². The molecule has 0 spiro atoms. The lowest BCUT2D eigenvalue weighted by molar-refractivity contribution is 0.250. The predicted octanol–water partition coefficient (Wildman–Crippen LogP) is 5.70. The van der Waals surface area contributed by atoms with E-state index in [1.807, 2.05) is 19.9 Å². The van der Waals surface area contributed by atoms with E-state index in [1.54, 1.807) is 7.11 Å². The minimum atomic E-state index is 0.141. The Kier molecular flexibility index (Phi) is 7.76. The van der Waals surface area contributed by atoms with Crippen molar-refractivity contribution in [3.8, 4) is 17.1 Å². The van der Waals surface area contributed by atoms with Crippen molar-refractivity contribution in [2.24, 2.45) is 5.92 Å². The number of aryl methyl sites for hydroxylation is 2. The van der Waals surface area contributed by atoms with Crippen LogP contribution in [-0.2, 0) is 0 Å². The maximum atomic E-state index is 9.87. The fourth-order valence-electron chi connectivity index (χ4n) is 3.69. The summed E-state index contributed by atoms with van der Waals surface area (Å²) in [7, 11) is 1.65. The summed E-state index contributed by atoms with van der Waals surface area (Å²) in [5.41, 5.74) is 7.13. The lowest BCUT2D eigenvalue weighted by Gasteiger charge is -2.21. The van der Waals surface area contributed by atoms with E-state index in [4.69, 9.17) is 9.72 Å². The normalized spacial score (nSPS) is 13.1. The van der Waals surface area contributed by atoms with Gasteiger partial charge in [-0.25, -0.2) is 4.98 Å². The van der Waals surface area contributed by atoms with E-state index in [-0.39, 0.29) is 12.5 Å². The molecule has 0 aromatic carbocycles. The number of aliphatic hydroxyl groups excluding tert-OH is 1. The Balaban J connectivity index is 2.55. The molecule has 4 nitrogen and oxygen atoms in total. The van der Waals surface area contributed by atoms with Crippen LogP contribution in [-0.4, -0.2) is 28.8 Å². The molecule has 0 saturated heterocycles. The van der Waals surface area contributed by atoms with E-state index in [2.05, 4.69) is 50.9 Å². The highest BCUT2D eigenvalue weighted by Crippen LogP contribution is 2.35. The van der Waals surface area contributed by atoms with Crippen LogP contribution in [0.3, 0.4) is 0 Å². The largest absolute Gasteiger partial charge is 0.480 e. The zero-order valence-electron chi connectivity index (χ0n) is 18.3. The maximum Gasteiger partial charge on any atom is 0.222 e. The van der Waals surface area contributed by atoms with Gasteiger partial charge in [-0.1, -0.05) is 33.3 Å². The Bertz CT molecular complexity index is 841. The summed E-state index contributed by atoms with van der Waals surface area (Å²) in [6.07, 6.45) is 4.11. The van der Waals surface area contributed by atoms with Crippen molar-refractivity contribution >= 4 is 5.57 Å². The quantitative estimate of drug-likeness (QED) is 0.636. The number of allylic oxidation sites excluding steroid dienone is 1. The number of nitrogens with zero attached hydrogens (tertiary/aromatic N) is 2. The van der Waals surface area contributed by atoms with Crippen molar-refractivity contribution in [2.75, 3.05) is 13.7 Å². The van der Waals surface area contributed by atoms with Crippen LogP contribution < -0.4 is 4.74 Å². The van der Waals surface area contributed by atoms with Gasteiger partial charge in [-0.3, -0.25) is 4.98 Å². The van der Waals surface area contributed by atoms with Crippen LogP contribution in [0.5, 0.6) is 5.88 Å². The van der Waals surface area contributed by atoms with E-state index in [0.29, 0.717) is 11.8 Å². The van der Waals surface area contributed by atoms with Crippen molar-refractivity contribution in [1.82, 2.24) is 9.97 Å². The molecular weight excluding hydrogens is 348 g/mol. The SMILES string of the molecule is C/C=C(\c1cc(C)c(-c2ccc(C(C)C)nc2OC)nc1C)[C@H](CO)CCC. The topological polar surface area (TPSA) is 55.2 Å². The van der Waals surface area contributed by atoms with Gasteiger partial charge in [0.25, 0.3) is 0 Å². The first-order chi connectivity index (χ1) is 13.4. The van der Waals surface area contributed by atoms with Crippen LogP contribution in [0.25, 0.3) is 16.8 Å². The summed E-state index contributed by atoms with van der Waals surface area (Å²) >= 11 is 0. The van der Waals surface area contributed by atoms with Crippen LogP contribution in [0.2, 0.25) is 0 Å². The molecule has 0 aliphatic heterocycles. The molecule has 0 saturated carbocycles. The Labute approximate surface area is 169 Å². The van der Waals surface area contributed by atoms with Crippen LogP contribution in [0, 0.1) is 19.8 Å². The van der Waals surface area contributed by atoms with Gasteiger partial charge >= 0.3 is 0 Å². The van der Waals surface area contributed by atoms with Crippen LogP contribution in [0.1, 0.15) is 69.0 Å². The van der Waals surface area contributed by atoms with E-state index in [9.17, 15) is 5.11 Å². The van der Waals surface area contributed by atoms with Gasteiger partial charge in [0.15, 0.2) is 0 Å². The van der Waals surface area contributed by atoms with Crippen LogP contribution >= 0.6 is 0 Å². The lowest BCUT2D eigenvalue weighted by atomic mass is 9.87. The van der Waals surface area contributed by atoms with Gasteiger partial charge < -0.3 is 9.84 Å². The van der Waals surface area contributed by atoms with Crippen molar-refractivity contribution in [3.63, 3.8) is 0 Å². The number of hydrogen-bond donors (Lipinski definition) is 1. The van der Waals surface area contributed by atoms with Gasteiger partial charge in [-0.2, -0.15) is 0 Å². The molecule has 2 heterocycles. The van der Waals surface area contributed by atoms with Gasteiger partial charge in [-0.05, 0) is 68.0 Å². The first kappa shape index (κ1) is 22.1. The Hall–Kier alpha value is -2.20. The Morgan fingerprint density at radius 3 is 2.46 bits per heavy atom. The molecule has 0 aliphatic carbocycles. The van der Waals surface area contributed by atoms with Gasteiger partial charge in [0, 0.05) is 23.9 Å². The molecule has 0 fully saturated rings. The van der Waals surface area contributed by atoms with Crippen molar-refractivity contribution in [2.45, 2.75) is 60.3 Å². The summed E-state index contributed by atoms with van der Waals surface area (Å²) in [5.74, 6) is 1.09.